The Morgan fingerprint density at radius 3 is 2.32 bits per heavy atom. The molecular weight excluding hydrogens is 278 g/mol. The lowest BCUT2D eigenvalue weighted by atomic mass is 10.2. The molecule has 0 unspecified atom stereocenters. The molecule has 2 heterocycles. The van der Waals surface area contributed by atoms with Crippen molar-refractivity contribution in [2.75, 3.05) is 16.4 Å². The normalized spacial score (nSPS) is 10.4. The van der Waals surface area contributed by atoms with Crippen LogP contribution in [0.1, 0.15) is 11.3 Å². The second kappa shape index (κ2) is 6.62. The number of furan rings is 1. The van der Waals surface area contributed by atoms with Gasteiger partial charge in [0.15, 0.2) is 11.6 Å². The molecule has 4 N–H and O–H groups in total. The SMILES string of the molecule is Nc1c(NCc2ccccc2)ncnc1NCc1ccco1. The molecule has 0 aliphatic carbocycles. The van der Waals surface area contributed by atoms with Gasteiger partial charge < -0.3 is 20.8 Å². The molecule has 22 heavy (non-hydrogen) atoms. The molecule has 0 atom stereocenters. The summed E-state index contributed by atoms with van der Waals surface area (Å²) in [5, 5.41) is 6.37. The third-order valence-corrected chi connectivity index (χ3v) is 3.20. The first-order valence-corrected chi connectivity index (χ1v) is 6.97. The van der Waals surface area contributed by atoms with E-state index in [1.165, 1.54) is 6.33 Å². The van der Waals surface area contributed by atoms with Crippen LogP contribution in [0.2, 0.25) is 0 Å². The number of anilines is 3. The number of benzene rings is 1. The van der Waals surface area contributed by atoms with E-state index < -0.39 is 0 Å². The number of hydrogen-bond donors (Lipinski definition) is 3. The molecule has 0 spiro atoms. The average Bonchev–Trinajstić information content (AvgIpc) is 3.07. The van der Waals surface area contributed by atoms with Crippen LogP contribution in [0, 0.1) is 0 Å². The number of rotatable bonds is 6. The summed E-state index contributed by atoms with van der Waals surface area (Å²) < 4.78 is 5.27. The lowest BCUT2D eigenvalue weighted by molar-refractivity contribution is 0.518. The Morgan fingerprint density at radius 1 is 0.909 bits per heavy atom. The van der Waals surface area contributed by atoms with E-state index in [4.69, 9.17) is 10.2 Å². The van der Waals surface area contributed by atoms with Crippen LogP contribution in [0.3, 0.4) is 0 Å². The predicted molar refractivity (Wildman–Crippen MR) is 86.2 cm³/mol. The van der Waals surface area contributed by atoms with Crippen molar-refractivity contribution in [1.82, 2.24) is 9.97 Å². The van der Waals surface area contributed by atoms with Crippen molar-refractivity contribution in [3.05, 3.63) is 66.4 Å². The van der Waals surface area contributed by atoms with Gasteiger partial charge in [-0.05, 0) is 17.7 Å². The standard InChI is InChI=1S/C16H17N5O/c17-14-15(18-9-12-5-2-1-3-6-12)20-11-21-16(14)19-10-13-7-4-8-22-13/h1-8,11H,9-10,17H2,(H2,18,19,20,21). The zero-order valence-corrected chi connectivity index (χ0v) is 12.0. The van der Waals surface area contributed by atoms with Crippen molar-refractivity contribution in [2.24, 2.45) is 0 Å². The monoisotopic (exact) mass is 295 g/mol. The number of nitrogens with zero attached hydrogens (tertiary/aromatic N) is 2. The number of nitrogen functional groups attached to an aromatic ring is 1. The minimum atomic E-state index is 0.491. The van der Waals surface area contributed by atoms with Crippen LogP contribution in [0.4, 0.5) is 17.3 Å². The summed E-state index contributed by atoms with van der Waals surface area (Å²) in [4.78, 5) is 8.35. The van der Waals surface area contributed by atoms with E-state index in [0.29, 0.717) is 30.4 Å². The Morgan fingerprint density at radius 2 is 1.64 bits per heavy atom. The van der Waals surface area contributed by atoms with Gasteiger partial charge in [0.25, 0.3) is 0 Å². The number of nitrogens with one attached hydrogen (secondary N) is 2. The molecule has 6 heteroatoms. The lowest BCUT2D eigenvalue weighted by Crippen LogP contribution is -2.09. The van der Waals surface area contributed by atoms with Gasteiger partial charge in [0, 0.05) is 6.54 Å². The molecule has 1 aromatic carbocycles. The van der Waals surface area contributed by atoms with Crippen LogP contribution in [0.5, 0.6) is 0 Å². The van der Waals surface area contributed by atoms with Crippen LogP contribution in [0.15, 0.2) is 59.5 Å². The van der Waals surface area contributed by atoms with Gasteiger partial charge in [-0.1, -0.05) is 30.3 Å². The van der Waals surface area contributed by atoms with Gasteiger partial charge in [-0.25, -0.2) is 9.97 Å². The molecule has 3 aromatic rings. The van der Waals surface area contributed by atoms with Crippen molar-refractivity contribution in [3.63, 3.8) is 0 Å². The first-order valence-electron chi connectivity index (χ1n) is 6.97. The molecule has 112 valence electrons. The molecular formula is C16H17N5O. The molecule has 0 aliphatic rings. The van der Waals surface area contributed by atoms with Crippen LogP contribution in [-0.4, -0.2) is 9.97 Å². The van der Waals surface area contributed by atoms with Crippen LogP contribution < -0.4 is 16.4 Å². The maximum atomic E-state index is 6.11. The van der Waals surface area contributed by atoms with Crippen LogP contribution >= 0.6 is 0 Å². The van der Waals surface area contributed by atoms with Crippen molar-refractivity contribution in [3.8, 4) is 0 Å². The first-order chi connectivity index (χ1) is 10.8. The number of nitrogens with two attached hydrogens (primary N) is 1. The van der Waals surface area contributed by atoms with Gasteiger partial charge in [-0.2, -0.15) is 0 Å². The summed E-state index contributed by atoms with van der Waals surface area (Å²) in [6.45, 7) is 1.17. The van der Waals surface area contributed by atoms with Crippen molar-refractivity contribution in [1.29, 1.82) is 0 Å². The molecule has 0 radical (unpaired) electrons. The third-order valence-electron chi connectivity index (χ3n) is 3.20. The maximum Gasteiger partial charge on any atom is 0.155 e. The van der Waals surface area contributed by atoms with E-state index in [0.717, 1.165) is 11.3 Å². The van der Waals surface area contributed by atoms with Gasteiger partial charge >= 0.3 is 0 Å². The van der Waals surface area contributed by atoms with Crippen LogP contribution in [0.25, 0.3) is 0 Å². The molecule has 0 fully saturated rings. The largest absolute Gasteiger partial charge is 0.467 e. The van der Waals surface area contributed by atoms with E-state index in [1.807, 2.05) is 42.5 Å². The molecule has 2 aromatic heterocycles. The van der Waals surface area contributed by atoms with E-state index in [2.05, 4.69) is 20.6 Å². The van der Waals surface area contributed by atoms with E-state index in [-0.39, 0.29) is 0 Å². The minimum Gasteiger partial charge on any atom is -0.467 e. The van der Waals surface area contributed by atoms with Gasteiger partial charge in [0.2, 0.25) is 0 Å². The first kappa shape index (κ1) is 13.9. The predicted octanol–water partition coefficient (Wildman–Crippen LogP) is 2.88. The number of aromatic nitrogens is 2. The van der Waals surface area contributed by atoms with Gasteiger partial charge in [0.1, 0.15) is 17.8 Å². The van der Waals surface area contributed by atoms with Crippen molar-refractivity contribution in [2.45, 2.75) is 13.1 Å². The van der Waals surface area contributed by atoms with Gasteiger partial charge in [-0.15, -0.1) is 0 Å². The van der Waals surface area contributed by atoms with Crippen LogP contribution in [-0.2, 0) is 13.1 Å². The highest BCUT2D eigenvalue weighted by Gasteiger charge is 2.08. The van der Waals surface area contributed by atoms with E-state index in [9.17, 15) is 0 Å². The molecule has 0 saturated carbocycles. The highest BCUT2D eigenvalue weighted by molar-refractivity contribution is 5.73. The molecule has 3 rings (SSSR count). The zero-order valence-electron chi connectivity index (χ0n) is 12.0. The fourth-order valence-corrected chi connectivity index (χ4v) is 2.04. The fourth-order valence-electron chi connectivity index (χ4n) is 2.04. The topological polar surface area (TPSA) is 89.0 Å². The quantitative estimate of drug-likeness (QED) is 0.648. The third kappa shape index (κ3) is 3.35. The smallest absolute Gasteiger partial charge is 0.155 e. The molecule has 6 nitrogen and oxygen atoms in total. The second-order valence-corrected chi connectivity index (χ2v) is 4.76. The Kier molecular flexibility index (Phi) is 4.20. The molecule has 0 bridgehead atoms. The average molecular weight is 295 g/mol. The van der Waals surface area contributed by atoms with E-state index in [1.54, 1.807) is 6.26 Å². The Labute approximate surface area is 128 Å². The molecule has 0 aliphatic heterocycles. The summed E-state index contributed by atoms with van der Waals surface area (Å²) in [6.07, 6.45) is 3.11. The highest BCUT2D eigenvalue weighted by atomic mass is 16.3. The zero-order chi connectivity index (χ0) is 15.2. The lowest BCUT2D eigenvalue weighted by Gasteiger charge is -2.12. The van der Waals surface area contributed by atoms with E-state index >= 15 is 0 Å². The molecule has 0 saturated heterocycles. The Balaban J connectivity index is 1.66. The number of hydrogen-bond acceptors (Lipinski definition) is 6. The summed E-state index contributed by atoms with van der Waals surface area (Å²) in [5.74, 6) is 2.01. The summed E-state index contributed by atoms with van der Waals surface area (Å²) in [5.41, 5.74) is 7.76. The Hall–Kier alpha value is -3.02. The highest BCUT2D eigenvalue weighted by Crippen LogP contribution is 2.23. The summed E-state index contributed by atoms with van der Waals surface area (Å²) >= 11 is 0. The molecule has 0 amide bonds. The summed E-state index contributed by atoms with van der Waals surface area (Å²) in [6, 6.07) is 13.8. The maximum absolute atomic E-state index is 6.11. The van der Waals surface area contributed by atoms with Crippen molar-refractivity contribution < 1.29 is 4.42 Å². The van der Waals surface area contributed by atoms with Crippen molar-refractivity contribution >= 4 is 17.3 Å². The van der Waals surface area contributed by atoms with Gasteiger partial charge in [-0.3, -0.25) is 0 Å². The van der Waals surface area contributed by atoms with Gasteiger partial charge in [0.05, 0.1) is 12.8 Å². The fraction of sp³-hybridized carbons (Fsp3) is 0.125. The minimum absolute atomic E-state index is 0.491. The second-order valence-electron chi connectivity index (χ2n) is 4.76. The Bertz CT molecular complexity index is 713. The summed E-state index contributed by atoms with van der Waals surface area (Å²) in [7, 11) is 0.